The van der Waals surface area contributed by atoms with Crippen molar-refractivity contribution in [3.8, 4) is 11.1 Å². The van der Waals surface area contributed by atoms with E-state index in [2.05, 4.69) is 5.32 Å². The largest absolute Gasteiger partial charge is 0.359 e. The number of carbonyl (C=O) groups excluding carboxylic acids is 1. The van der Waals surface area contributed by atoms with Gasteiger partial charge in [0.25, 0.3) is 0 Å². The first-order valence-electron chi connectivity index (χ1n) is 6.33. The van der Waals surface area contributed by atoms with Crippen molar-refractivity contribution < 1.29 is 13.2 Å². The Kier molecular flexibility index (Phi) is 4.40. The monoisotopic (exact) mass is 304 g/mol. The van der Waals surface area contributed by atoms with Gasteiger partial charge in [0.2, 0.25) is 15.9 Å². The fourth-order valence-electron chi connectivity index (χ4n) is 2.03. The third-order valence-electron chi connectivity index (χ3n) is 3.10. The second-order valence-corrected chi connectivity index (χ2v) is 6.12. The molecule has 0 bridgehead atoms. The van der Waals surface area contributed by atoms with Gasteiger partial charge in [-0.1, -0.05) is 42.5 Å². The number of sulfonamides is 1. The van der Waals surface area contributed by atoms with Crippen LogP contribution in [0.25, 0.3) is 11.1 Å². The Morgan fingerprint density at radius 1 is 1.10 bits per heavy atom. The minimum Gasteiger partial charge on any atom is -0.359 e. The van der Waals surface area contributed by atoms with E-state index in [1.54, 1.807) is 49.5 Å². The SMILES string of the molecule is CNC(=O)Cc1ccc(-c2ccccc2S(N)(=O)=O)cc1. The number of amides is 1. The van der Waals surface area contributed by atoms with Gasteiger partial charge in [-0.3, -0.25) is 4.79 Å². The molecule has 0 saturated heterocycles. The van der Waals surface area contributed by atoms with Gasteiger partial charge < -0.3 is 5.32 Å². The Morgan fingerprint density at radius 2 is 1.71 bits per heavy atom. The van der Waals surface area contributed by atoms with E-state index in [1.165, 1.54) is 6.07 Å². The molecule has 0 unspecified atom stereocenters. The standard InChI is InChI=1S/C15H16N2O3S/c1-17-15(18)10-11-6-8-12(9-7-11)13-4-2-3-5-14(13)21(16,19)20/h2-9H,10H2,1H3,(H,17,18)(H2,16,19,20). The van der Waals surface area contributed by atoms with Crippen LogP contribution in [0.3, 0.4) is 0 Å². The maximum absolute atomic E-state index is 11.6. The summed E-state index contributed by atoms with van der Waals surface area (Å²) in [6, 6.07) is 13.7. The van der Waals surface area contributed by atoms with E-state index >= 15 is 0 Å². The zero-order valence-electron chi connectivity index (χ0n) is 11.5. The van der Waals surface area contributed by atoms with Crippen molar-refractivity contribution in [1.29, 1.82) is 0 Å². The number of carbonyl (C=O) groups is 1. The van der Waals surface area contributed by atoms with E-state index < -0.39 is 10.0 Å². The van der Waals surface area contributed by atoms with Crippen molar-refractivity contribution >= 4 is 15.9 Å². The molecule has 0 heterocycles. The van der Waals surface area contributed by atoms with Gasteiger partial charge in [-0.2, -0.15) is 0 Å². The molecular formula is C15H16N2O3S. The van der Waals surface area contributed by atoms with Crippen LogP contribution in [0.5, 0.6) is 0 Å². The molecule has 3 N–H and O–H groups in total. The van der Waals surface area contributed by atoms with E-state index in [-0.39, 0.29) is 17.2 Å². The second-order valence-electron chi connectivity index (χ2n) is 4.59. The highest BCUT2D eigenvalue weighted by molar-refractivity contribution is 7.89. The number of hydrogen-bond donors (Lipinski definition) is 2. The molecule has 2 aromatic rings. The number of nitrogens with one attached hydrogen (secondary N) is 1. The topological polar surface area (TPSA) is 89.3 Å². The quantitative estimate of drug-likeness (QED) is 0.892. The lowest BCUT2D eigenvalue weighted by molar-refractivity contribution is -0.119. The van der Waals surface area contributed by atoms with Gasteiger partial charge in [-0.05, 0) is 17.2 Å². The molecule has 0 aromatic heterocycles. The van der Waals surface area contributed by atoms with Gasteiger partial charge in [0.05, 0.1) is 11.3 Å². The smallest absolute Gasteiger partial charge is 0.238 e. The number of likely N-dealkylation sites (N-methyl/N-ethyl adjacent to an activating group) is 1. The van der Waals surface area contributed by atoms with Crippen LogP contribution in [-0.2, 0) is 21.2 Å². The molecule has 0 spiro atoms. The summed E-state index contributed by atoms with van der Waals surface area (Å²) in [5, 5.41) is 7.78. The van der Waals surface area contributed by atoms with E-state index in [9.17, 15) is 13.2 Å². The number of primary sulfonamides is 1. The van der Waals surface area contributed by atoms with Crippen molar-refractivity contribution in [1.82, 2.24) is 5.32 Å². The van der Waals surface area contributed by atoms with Crippen LogP contribution in [-0.4, -0.2) is 21.4 Å². The predicted octanol–water partition coefficient (Wildman–Crippen LogP) is 1.29. The Bertz CT molecular complexity index is 753. The van der Waals surface area contributed by atoms with Crippen LogP contribution >= 0.6 is 0 Å². The van der Waals surface area contributed by atoms with Crippen LogP contribution in [0.2, 0.25) is 0 Å². The second kappa shape index (κ2) is 6.07. The molecule has 5 nitrogen and oxygen atoms in total. The average Bonchev–Trinajstić information content (AvgIpc) is 2.47. The molecule has 0 aliphatic heterocycles. The highest BCUT2D eigenvalue weighted by Crippen LogP contribution is 2.26. The summed E-state index contributed by atoms with van der Waals surface area (Å²) < 4.78 is 23.2. The van der Waals surface area contributed by atoms with E-state index in [0.29, 0.717) is 5.56 Å². The minimum absolute atomic E-state index is 0.0762. The summed E-state index contributed by atoms with van der Waals surface area (Å²) in [5.74, 6) is -0.0762. The van der Waals surface area contributed by atoms with Gasteiger partial charge in [-0.25, -0.2) is 13.6 Å². The molecular weight excluding hydrogens is 288 g/mol. The van der Waals surface area contributed by atoms with Crippen LogP contribution in [0, 0.1) is 0 Å². The summed E-state index contributed by atoms with van der Waals surface area (Å²) in [4.78, 5) is 11.4. The van der Waals surface area contributed by atoms with E-state index in [4.69, 9.17) is 5.14 Å². The van der Waals surface area contributed by atoms with Crippen molar-refractivity contribution in [2.45, 2.75) is 11.3 Å². The van der Waals surface area contributed by atoms with Crippen LogP contribution < -0.4 is 10.5 Å². The third-order valence-corrected chi connectivity index (χ3v) is 4.07. The first kappa shape index (κ1) is 15.2. The third kappa shape index (κ3) is 3.68. The molecule has 6 heteroatoms. The predicted molar refractivity (Wildman–Crippen MR) is 81.0 cm³/mol. The maximum atomic E-state index is 11.6. The van der Waals surface area contributed by atoms with Crippen LogP contribution in [0.4, 0.5) is 0 Å². The molecule has 0 aliphatic carbocycles. The van der Waals surface area contributed by atoms with E-state index in [0.717, 1.165) is 11.1 Å². The van der Waals surface area contributed by atoms with Gasteiger partial charge in [0, 0.05) is 12.6 Å². The minimum atomic E-state index is -3.78. The van der Waals surface area contributed by atoms with Gasteiger partial charge in [-0.15, -0.1) is 0 Å². The fraction of sp³-hybridized carbons (Fsp3) is 0.133. The molecule has 0 saturated carbocycles. The average molecular weight is 304 g/mol. The lowest BCUT2D eigenvalue weighted by atomic mass is 10.0. The zero-order valence-corrected chi connectivity index (χ0v) is 12.4. The molecule has 0 fully saturated rings. The molecule has 0 radical (unpaired) electrons. The Balaban J connectivity index is 2.38. The molecule has 1 amide bonds. The van der Waals surface area contributed by atoms with Crippen LogP contribution in [0.15, 0.2) is 53.4 Å². The number of rotatable bonds is 4. The zero-order chi connectivity index (χ0) is 15.5. The summed E-state index contributed by atoms with van der Waals surface area (Å²) in [7, 11) is -2.20. The lowest BCUT2D eigenvalue weighted by Gasteiger charge is -2.08. The summed E-state index contributed by atoms with van der Waals surface area (Å²) in [5.41, 5.74) is 2.14. The molecule has 0 atom stereocenters. The molecule has 2 aromatic carbocycles. The van der Waals surface area contributed by atoms with E-state index in [1.807, 2.05) is 0 Å². The normalized spacial score (nSPS) is 11.1. The van der Waals surface area contributed by atoms with Crippen molar-refractivity contribution in [2.75, 3.05) is 7.05 Å². The Hall–Kier alpha value is -2.18. The molecule has 21 heavy (non-hydrogen) atoms. The van der Waals surface area contributed by atoms with Gasteiger partial charge in [0.15, 0.2) is 0 Å². The number of benzene rings is 2. The Labute approximate surface area is 123 Å². The van der Waals surface area contributed by atoms with Crippen molar-refractivity contribution in [3.05, 3.63) is 54.1 Å². The van der Waals surface area contributed by atoms with Gasteiger partial charge in [0.1, 0.15) is 0 Å². The Morgan fingerprint density at radius 3 is 2.29 bits per heavy atom. The van der Waals surface area contributed by atoms with Crippen molar-refractivity contribution in [2.24, 2.45) is 5.14 Å². The molecule has 2 rings (SSSR count). The van der Waals surface area contributed by atoms with Gasteiger partial charge >= 0.3 is 0 Å². The summed E-state index contributed by atoms with van der Waals surface area (Å²) in [6.07, 6.45) is 0.285. The molecule has 0 aliphatic rings. The van der Waals surface area contributed by atoms with Crippen LogP contribution in [0.1, 0.15) is 5.56 Å². The molecule has 110 valence electrons. The highest BCUT2D eigenvalue weighted by atomic mass is 32.2. The number of nitrogens with two attached hydrogens (primary N) is 1. The highest BCUT2D eigenvalue weighted by Gasteiger charge is 2.14. The number of hydrogen-bond acceptors (Lipinski definition) is 3. The summed E-state index contributed by atoms with van der Waals surface area (Å²) in [6.45, 7) is 0. The maximum Gasteiger partial charge on any atom is 0.238 e. The first-order valence-corrected chi connectivity index (χ1v) is 7.88. The first-order chi connectivity index (χ1) is 9.91. The fourth-order valence-corrected chi connectivity index (χ4v) is 2.79. The summed E-state index contributed by atoms with van der Waals surface area (Å²) >= 11 is 0. The lowest BCUT2D eigenvalue weighted by Crippen LogP contribution is -2.19. The van der Waals surface area contributed by atoms with Crippen molar-refractivity contribution in [3.63, 3.8) is 0 Å².